The van der Waals surface area contributed by atoms with Crippen molar-refractivity contribution in [2.24, 2.45) is 0 Å². The third kappa shape index (κ3) is 3.06. The van der Waals surface area contributed by atoms with Gasteiger partial charge in [-0.1, -0.05) is 37.0 Å². The topological polar surface area (TPSA) is 21.3 Å². The zero-order valence-electron chi connectivity index (χ0n) is 10.1. The fraction of sp³-hybridized carbons (Fsp3) is 0.538. The Labute approximate surface area is 112 Å². The molecule has 0 fully saturated rings. The lowest BCUT2D eigenvalue weighted by Crippen LogP contribution is -2.28. The van der Waals surface area contributed by atoms with E-state index in [9.17, 15) is 0 Å². The van der Waals surface area contributed by atoms with Crippen molar-refractivity contribution in [3.63, 3.8) is 0 Å². The minimum atomic E-state index is 0.247. The normalized spacial score (nSPS) is 19.7. The molecule has 0 aliphatic carbocycles. The molecule has 1 aliphatic rings. The van der Waals surface area contributed by atoms with Crippen molar-refractivity contribution in [2.75, 3.05) is 6.61 Å². The van der Waals surface area contributed by atoms with Crippen molar-refractivity contribution in [1.82, 2.24) is 5.32 Å². The summed E-state index contributed by atoms with van der Waals surface area (Å²) in [5, 5.41) is 4.84. The highest BCUT2D eigenvalue weighted by molar-refractivity contribution is 6.35. The SMILES string of the molecule is CC(C)NC1CCCOc2cc(Cl)cc(Cl)c21. The van der Waals surface area contributed by atoms with Gasteiger partial charge in [-0.2, -0.15) is 0 Å². The van der Waals surface area contributed by atoms with Crippen molar-refractivity contribution in [1.29, 1.82) is 0 Å². The minimum Gasteiger partial charge on any atom is -0.493 e. The van der Waals surface area contributed by atoms with Gasteiger partial charge in [-0.15, -0.1) is 0 Å². The Kier molecular flexibility index (Phi) is 4.18. The van der Waals surface area contributed by atoms with Crippen LogP contribution in [0.25, 0.3) is 0 Å². The average Bonchev–Trinajstić information content (AvgIpc) is 2.39. The molecule has 0 saturated heterocycles. The van der Waals surface area contributed by atoms with Crippen LogP contribution in [0.2, 0.25) is 10.0 Å². The van der Waals surface area contributed by atoms with Crippen molar-refractivity contribution in [2.45, 2.75) is 38.8 Å². The first-order chi connectivity index (χ1) is 8.08. The lowest BCUT2D eigenvalue weighted by molar-refractivity contribution is 0.314. The summed E-state index contributed by atoms with van der Waals surface area (Å²) in [6.45, 7) is 4.99. The van der Waals surface area contributed by atoms with Crippen LogP contribution >= 0.6 is 23.2 Å². The van der Waals surface area contributed by atoms with Crippen LogP contribution in [0.4, 0.5) is 0 Å². The van der Waals surface area contributed by atoms with Crippen molar-refractivity contribution in [3.05, 3.63) is 27.7 Å². The second-order valence-corrected chi connectivity index (χ2v) is 5.51. The molecule has 0 saturated carbocycles. The number of halogens is 2. The third-order valence-electron chi connectivity index (χ3n) is 2.83. The summed E-state index contributed by atoms with van der Waals surface area (Å²) in [6, 6.07) is 4.30. The second-order valence-electron chi connectivity index (χ2n) is 4.66. The summed E-state index contributed by atoms with van der Waals surface area (Å²) in [6.07, 6.45) is 2.06. The Morgan fingerprint density at radius 1 is 1.35 bits per heavy atom. The number of hydrogen-bond acceptors (Lipinski definition) is 2. The third-order valence-corrected chi connectivity index (χ3v) is 3.36. The van der Waals surface area contributed by atoms with E-state index in [0.717, 1.165) is 30.8 Å². The van der Waals surface area contributed by atoms with Crippen LogP contribution in [0.1, 0.15) is 38.3 Å². The van der Waals surface area contributed by atoms with Gasteiger partial charge in [-0.25, -0.2) is 0 Å². The minimum absolute atomic E-state index is 0.247. The lowest BCUT2D eigenvalue weighted by atomic mass is 10.0. The lowest BCUT2D eigenvalue weighted by Gasteiger charge is -2.22. The second kappa shape index (κ2) is 5.47. The fourth-order valence-corrected chi connectivity index (χ4v) is 2.81. The first-order valence-electron chi connectivity index (χ1n) is 5.95. The smallest absolute Gasteiger partial charge is 0.127 e. The number of rotatable bonds is 2. The molecule has 0 amide bonds. The van der Waals surface area contributed by atoms with E-state index in [0.29, 0.717) is 16.1 Å². The Balaban J connectivity index is 2.40. The molecule has 2 rings (SSSR count). The zero-order chi connectivity index (χ0) is 12.4. The maximum absolute atomic E-state index is 6.29. The largest absolute Gasteiger partial charge is 0.493 e. The number of nitrogens with one attached hydrogen (secondary N) is 1. The highest BCUT2D eigenvalue weighted by atomic mass is 35.5. The van der Waals surface area contributed by atoms with Gasteiger partial charge in [0.1, 0.15) is 5.75 Å². The number of benzene rings is 1. The molecule has 2 nitrogen and oxygen atoms in total. The quantitative estimate of drug-likeness (QED) is 0.872. The molecule has 4 heteroatoms. The van der Waals surface area contributed by atoms with Crippen LogP contribution < -0.4 is 10.1 Å². The molecule has 17 heavy (non-hydrogen) atoms. The van der Waals surface area contributed by atoms with E-state index in [1.165, 1.54) is 0 Å². The van der Waals surface area contributed by atoms with Gasteiger partial charge < -0.3 is 10.1 Å². The van der Waals surface area contributed by atoms with Gasteiger partial charge in [0.2, 0.25) is 0 Å². The van der Waals surface area contributed by atoms with E-state index in [2.05, 4.69) is 19.2 Å². The first kappa shape index (κ1) is 13.0. The van der Waals surface area contributed by atoms with Gasteiger partial charge in [-0.05, 0) is 25.0 Å². The molecule has 1 aliphatic heterocycles. The molecule has 0 spiro atoms. The Hall–Kier alpha value is -0.440. The van der Waals surface area contributed by atoms with Crippen molar-refractivity contribution < 1.29 is 4.74 Å². The molecule has 0 radical (unpaired) electrons. The molecule has 1 atom stereocenters. The Morgan fingerprint density at radius 3 is 2.82 bits per heavy atom. The van der Waals surface area contributed by atoms with Crippen LogP contribution in [0.3, 0.4) is 0 Å². The summed E-state index contributed by atoms with van der Waals surface area (Å²) in [5.74, 6) is 0.818. The summed E-state index contributed by atoms with van der Waals surface area (Å²) >= 11 is 12.3. The highest BCUT2D eigenvalue weighted by Gasteiger charge is 2.23. The molecule has 1 unspecified atom stereocenters. The van der Waals surface area contributed by atoms with Crippen molar-refractivity contribution in [3.8, 4) is 5.75 Å². The van der Waals surface area contributed by atoms with Gasteiger partial charge >= 0.3 is 0 Å². The molecule has 0 bridgehead atoms. The van der Waals surface area contributed by atoms with Gasteiger partial charge in [0.15, 0.2) is 0 Å². The number of hydrogen-bond donors (Lipinski definition) is 1. The monoisotopic (exact) mass is 273 g/mol. The Morgan fingerprint density at radius 2 is 2.12 bits per heavy atom. The van der Waals surface area contributed by atoms with Crippen LogP contribution in [-0.2, 0) is 0 Å². The maximum Gasteiger partial charge on any atom is 0.127 e. The molecular weight excluding hydrogens is 257 g/mol. The fourth-order valence-electron chi connectivity index (χ4n) is 2.20. The zero-order valence-corrected chi connectivity index (χ0v) is 11.6. The van der Waals surface area contributed by atoms with Crippen LogP contribution in [0, 0.1) is 0 Å². The van der Waals surface area contributed by atoms with Crippen LogP contribution in [0.15, 0.2) is 12.1 Å². The summed E-state index contributed by atoms with van der Waals surface area (Å²) in [5.41, 5.74) is 1.04. The van der Waals surface area contributed by atoms with Gasteiger partial charge in [-0.3, -0.25) is 0 Å². The standard InChI is InChI=1S/C13H17Cl2NO/c1-8(2)16-11-4-3-5-17-12-7-9(14)6-10(15)13(11)12/h6-8,11,16H,3-5H2,1-2H3. The highest BCUT2D eigenvalue weighted by Crippen LogP contribution is 2.39. The molecular formula is C13H17Cl2NO. The van der Waals surface area contributed by atoms with Crippen LogP contribution in [-0.4, -0.2) is 12.6 Å². The van der Waals surface area contributed by atoms with E-state index >= 15 is 0 Å². The van der Waals surface area contributed by atoms with E-state index in [1.807, 2.05) is 6.07 Å². The predicted molar refractivity (Wildman–Crippen MR) is 72.2 cm³/mol. The van der Waals surface area contributed by atoms with Gasteiger partial charge in [0.25, 0.3) is 0 Å². The molecule has 1 aromatic carbocycles. The van der Waals surface area contributed by atoms with E-state index in [-0.39, 0.29) is 6.04 Å². The number of ether oxygens (including phenoxy) is 1. The Bertz CT molecular complexity index is 407. The maximum atomic E-state index is 6.29. The number of fused-ring (bicyclic) bond motifs is 1. The molecule has 1 heterocycles. The van der Waals surface area contributed by atoms with Crippen molar-refractivity contribution >= 4 is 23.2 Å². The molecule has 1 N–H and O–H groups in total. The van der Waals surface area contributed by atoms with E-state index in [4.69, 9.17) is 27.9 Å². The molecule has 0 aromatic heterocycles. The van der Waals surface area contributed by atoms with E-state index in [1.54, 1.807) is 6.07 Å². The summed E-state index contributed by atoms with van der Waals surface area (Å²) in [7, 11) is 0. The summed E-state index contributed by atoms with van der Waals surface area (Å²) < 4.78 is 5.71. The summed E-state index contributed by atoms with van der Waals surface area (Å²) in [4.78, 5) is 0. The van der Waals surface area contributed by atoms with Gasteiger partial charge in [0.05, 0.1) is 11.6 Å². The predicted octanol–water partition coefficient (Wildman–Crippen LogP) is 4.21. The average molecular weight is 274 g/mol. The molecule has 94 valence electrons. The van der Waals surface area contributed by atoms with Gasteiger partial charge in [0, 0.05) is 22.7 Å². The first-order valence-corrected chi connectivity index (χ1v) is 6.71. The van der Waals surface area contributed by atoms with Crippen LogP contribution in [0.5, 0.6) is 5.75 Å². The molecule has 1 aromatic rings. The van der Waals surface area contributed by atoms with E-state index < -0.39 is 0 Å².